The number of esters is 1. The smallest absolute Gasteiger partial charge is 0.346 e. The number of benzene rings is 2. The number of nitrogen functional groups attached to an aromatic ring is 1. The van der Waals surface area contributed by atoms with Crippen LogP contribution in [0, 0.1) is 6.92 Å². The molecule has 0 saturated heterocycles. The molecule has 0 atom stereocenters. The molecule has 0 aliphatic carbocycles. The van der Waals surface area contributed by atoms with Gasteiger partial charge in [0.15, 0.2) is 0 Å². The minimum Gasteiger partial charge on any atom is -0.402 e. The standard InChI is InChI=1S/C17H13Cl2N3O4S/c1-10-2-5-12(6-3-10)27(24,25)22-15(20)9-16(21-22)26-17(23)13-7-4-11(18)8-14(13)19/h2-9H,20H2,1H3. The number of hydrogen-bond acceptors (Lipinski definition) is 6. The van der Waals surface area contributed by atoms with E-state index in [1.54, 1.807) is 12.1 Å². The lowest BCUT2D eigenvalue weighted by molar-refractivity contribution is 0.0727. The molecule has 0 fully saturated rings. The van der Waals surface area contributed by atoms with Gasteiger partial charge in [0.05, 0.1) is 15.5 Å². The zero-order valence-electron chi connectivity index (χ0n) is 13.9. The Morgan fingerprint density at radius 1 is 1.11 bits per heavy atom. The fraction of sp³-hybridized carbons (Fsp3) is 0.0588. The fourth-order valence-corrected chi connectivity index (χ4v) is 3.90. The molecular weight excluding hydrogens is 413 g/mol. The lowest BCUT2D eigenvalue weighted by Gasteiger charge is -2.06. The van der Waals surface area contributed by atoms with Crippen LogP contribution < -0.4 is 10.5 Å². The lowest BCUT2D eigenvalue weighted by Crippen LogP contribution is -2.17. The van der Waals surface area contributed by atoms with E-state index in [4.69, 9.17) is 33.7 Å². The monoisotopic (exact) mass is 425 g/mol. The zero-order valence-corrected chi connectivity index (χ0v) is 16.2. The Balaban J connectivity index is 1.90. The van der Waals surface area contributed by atoms with E-state index in [1.165, 1.54) is 30.3 Å². The maximum atomic E-state index is 12.7. The number of rotatable bonds is 4. The van der Waals surface area contributed by atoms with Crippen LogP contribution in [-0.4, -0.2) is 23.6 Å². The van der Waals surface area contributed by atoms with E-state index in [0.717, 1.165) is 11.6 Å². The van der Waals surface area contributed by atoms with Gasteiger partial charge >= 0.3 is 5.97 Å². The Bertz CT molecular complexity index is 1130. The van der Waals surface area contributed by atoms with Gasteiger partial charge in [0.25, 0.3) is 10.0 Å². The lowest BCUT2D eigenvalue weighted by atomic mass is 10.2. The van der Waals surface area contributed by atoms with Crippen LogP contribution in [0.25, 0.3) is 0 Å². The van der Waals surface area contributed by atoms with Crippen LogP contribution in [-0.2, 0) is 10.0 Å². The van der Waals surface area contributed by atoms with Crippen LogP contribution in [0.2, 0.25) is 10.0 Å². The molecule has 7 nitrogen and oxygen atoms in total. The highest BCUT2D eigenvalue weighted by Gasteiger charge is 2.23. The summed E-state index contributed by atoms with van der Waals surface area (Å²) in [4.78, 5) is 12.2. The molecule has 1 heterocycles. The second-order valence-corrected chi connectivity index (χ2v) is 8.19. The second-order valence-electron chi connectivity index (χ2n) is 5.58. The molecule has 0 saturated carbocycles. The third kappa shape index (κ3) is 3.92. The number of halogens is 2. The molecule has 10 heteroatoms. The maximum Gasteiger partial charge on any atom is 0.346 e. The molecule has 0 spiro atoms. The van der Waals surface area contributed by atoms with E-state index < -0.39 is 16.0 Å². The number of hydrogen-bond donors (Lipinski definition) is 1. The van der Waals surface area contributed by atoms with E-state index in [-0.39, 0.29) is 27.2 Å². The first kappa shape index (κ1) is 19.2. The van der Waals surface area contributed by atoms with Gasteiger partial charge in [-0.2, -0.15) is 8.42 Å². The Hall–Kier alpha value is -2.55. The molecule has 3 rings (SSSR count). The van der Waals surface area contributed by atoms with Crippen LogP contribution in [0.3, 0.4) is 0 Å². The SMILES string of the molecule is Cc1ccc(S(=O)(=O)n2nc(OC(=O)c3ccc(Cl)cc3Cl)cc2N)cc1. The molecule has 0 bridgehead atoms. The second kappa shape index (κ2) is 7.22. The van der Waals surface area contributed by atoms with E-state index in [9.17, 15) is 13.2 Å². The van der Waals surface area contributed by atoms with Gasteiger partial charge in [-0.25, -0.2) is 4.79 Å². The van der Waals surface area contributed by atoms with Gasteiger partial charge in [0, 0.05) is 11.1 Å². The summed E-state index contributed by atoms with van der Waals surface area (Å²) in [6.45, 7) is 1.83. The van der Waals surface area contributed by atoms with Crippen molar-refractivity contribution in [3.05, 3.63) is 69.7 Å². The predicted octanol–water partition coefficient (Wildman–Crippen LogP) is 3.54. The van der Waals surface area contributed by atoms with Crippen LogP contribution in [0.4, 0.5) is 5.82 Å². The van der Waals surface area contributed by atoms with Gasteiger partial charge in [-0.05, 0) is 37.3 Å². The number of ether oxygens (including phenoxy) is 1. The van der Waals surface area contributed by atoms with Gasteiger partial charge in [-0.3, -0.25) is 0 Å². The number of anilines is 1. The molecule has 1 aromatic heterocycles. The summed E-state index contributed by atoms with van der Waals surface area (Å²) in [6.07, 6.45) is 0. The molecule has 0 radical (unpaired) electrons. The molecule has 0 amide bonds. The highest BCUT2D eigenvalue weighted by molar-refractivity contribution is 7.90. The van der Waals surface area contributed by atoms with Crippen molar-refractivity contribution in [2.24, 2.45) is 0 Å². The number of aromatic nitrogens is 2. The first-order valence-electron chi connectivity index (χ1n) is 7.53. The van der Waals surface area contributed by atoms with E-state index in [2.05, 4.69) is 5.10 Å². The van der Waals surface area contributed by atoms with Gasteiger partial charge < -0.3 is 10.5 Å². The van der Waals surface area contributed by atoms with E-state index in [1.807, 2.05) is 6.92 Å². The van der Waals surface area contributed by atoms with Crippen molar-refractivity contribution >= 4 is 45.0 Å². The van der Waals surface area contributed by atoms with Crippen molar-refractivity contribution in [2.45, 2.75) is 11.8 Å². The molecular formula is C17H13Cl2N3O4S. The number of carbonyl (C=O) groups excluding carboxylic acids is 1. The zero-order chi connectivity index (χ0) is 19.8. The summed E-state index contributed by atoms with van der Waals surface area (Å²) in [7, 11) is -4.03. The third-order valence-electron chi connectivity index (χ3n) is 3.58. The quantitative estimate of drug-likeness (QED) is 0.640. The van der Waals surface area contributed by atoms with Gasteiger partial charge in [0.2, 0.25) is 5.88 Å². The number of nitrogens with two attached hydrogens (primary N) is 1. The van der Waals surface area contributed by atoms with Crippen molar-refractivity contribution in [1.82, 2.24) is 9.19 Å². The van der Waals surface area contributed by atoms with Crippen LogP contribution in [0.15, 0.2) is 53.4 Å². The van der Waals surface area contributed by atoms with Gasteiger partial charge in [-0.15, -0.1) is 9.19 Å². The number of nitrogens with zero attached hydrogens (tertiary/aromatic N) is 2. The largest absolute Gasteiger partial charge is 0.402 e. The first-order chi connectivity index (χ1) is 12.7. The summed E-state index contributed by atoms with van der Waals surface area (Å²) >= 11 is 11.7. The van der Waals surface area contributed by atoms with E-state index in [0.29, 0.717) is 9.11 Å². The number of aryl methyl sites for hydroxylation is 1. The van der Waals surface area contributed by atoms with Crippen molar-refractivity contribution in [1.29, 1.82) is 0 Å². The maximum absolute atomic E-state index is 12.7. The third-order valence-corrected chi connectivity index (χ3v) is 5.74. The minimum atomic E-state index is -4.03. The predicted molar refractivity (Wildman–Crippen MR) is 102 cm³/mol. The normalized spacial score (nSPS) is 11.4. The molecule has 3 aromatic rings. The molecule has 0 aliphatic heterocycles. The molecule has 0 unspecified atom stereocenters. The molecule has 27 heavy (non-hydrogen) atoms. The van der Waals surface area contributed by atoms with Gasteiger partial charge in [-0.1, -0.05) is 40.9 Å². The Labute approximate surface area is 165 Å². The summed E-state index contributed by atoms with van der Waals surface area (Å²) in [6, 6.07) is 11.5. The Kier molecular flexibility index (Phi) is 5.14. The van der Waals surface area contributed by atoms with Crippen LogP contribution >= 0.6 is 23.2 Å². The molecule has 2 aromatic carbocycles. The summed E-state index contributed by atoms with van der Waals surface area (Å²) < 4.78 is 31.0. The average molecular weight is 426 g/mol. The van der Waals surface area contributed by atoms with Crippen molar-refractivity contribution < 1.29 is 17.9 Å². The van der Waals surface area contributed by atoms with Crippen molar-refractivity contribution in [3.63, 3.8) is 0 Å². The van der Waals surface area contributed by atoms with Crippen LogP contribution in [0.5, 0.6) is 5.88 Å². The topological polar surface area (TPSA) is 104 Å². The highest BCUT2D eigenvalue weighted by atomic mass is 35.5. The highest BCUT2D eigenvalue weighted by Crippen LogP contribution is 2.25. The fourth-order valence-electron chi connectivity index (χ4n) is 2.22. The average Bonchev–Trinajstić information content (AvgIpc) is 2.96. The van der Waals surface area contributed by atoms with Crippen LogP contribution in [0.1, 0.15) is 15.9 Å². The summed E-state index contributed by atoms with van der Waals surface area (Å²) in [5.74, 6) is -1.31. The first-order valence-corrected chi connectivity index (χ1v) is 9.73. The van der Waals surface area contributed by atoms with Crippen molar-refractivity contribution in [3.8, 4) is 5.88 Å². The summed E-state index contributed by atoms with van der Waals surface area (Å²) in [5, 5.41) is 4.23. The molecule has 0 aliphatic rings. The minimum absolute atomic E-state index is 0.00141. The van der Waals surface area contributed by atoms with Crippen molar-refractivity contribution in [2.75, 3.05) is 5.73 Å². The molecule has 140 valence electrons. The summed E-state index contributed by atoms with van der Waals surface area (Å²) in [5.41, 5.74) is 6.70. The van der Waals surface area contributed by atoms with E-state index >= 15 is 0 Å². The number of carbonyl (C=O) groups is 1. The Morgan fingerprint density at radius 3 is 2.41 bits per heavy atom. The molecule has 2 N–H and O–H groups in total. The van der Waals surface area contributed by atoms with Gasteiger partial charge in [0.1, 0.15) is 5.82 Å². The Morgan fingerprint density at radius 2 is 1.78 bits per heavy atom.